The van der Waals surface area contributed by atoms with Crippen molar-refractivity contribution in [3.63, 3.8) is 0 Å². The topological polar surface area (TPSA) is 75.4 Å². The van der Waals surface area contributed by atoms with E-state index in [2.05, 4.69) is 24.5 Å². The monoisotopic (exact) mass is 259 g/mol. The number of nitrogens with zero attached hydrogens (tertiary/aromatic N) is 5. The van der Waals surface area contributed by atoms with Crippen LogP contribution in [0.2, 0.25) is 0 Å². The van der Waals surface area contributed by atoms with Crippen molar-refractivity contribution in [1.29, 1.82) is 0 Å². The van der Waals surface area contributed by atoms with Crippen LogP contribution < -0.4 is 4.90 Å². The molecule has 0 aliphatic carbocycles. The molecule has 2 aromatic rings. The van der Waals surface area contributed by atoms with Crippen LogP contribution in [0.1, 0.15) is 10.5 Å². The summed E-state index contributed by atoms with van der Waals surface area (Å²) in [5, 5.41) is 3.66. The van der Waals surface area contributed by atoms with Crippen LogP contribution in [0.3, 0.4) is 0 Å². The van der Waals surface area contributed by atoms with Crippen molar-refractivity contribution in [3.05, 3.63) is 36.5 Å². The maximum atomic E-state index is 12.1. The first-order valence-corrected chi connectivity index (χ1v) is 6.06. The van der Waals surface area contributed by atoms with Gasteiger partial charge in [0.15, 0.2) is 5.69 Å². The second kappa shape index (κ2) is 5.05. The molecule has 1 aliphatic rings. The Bertz CT molecular complexity index is 535. The maximum Gasteiger partial charge on any atom is 0.276 e. The van der Waals surface area contributed by atoms with Crippen LogP contribution in [0.5, 0.6) is 0 Å². The molecule has 3 heterocycles. The Morgan fingerprint density at radius 3 is 2.53 bits per heavy atom. The summed E-state index contributed by atoms with van der Waals surface area (Å²) >= 11 is 0. The molecule has 7 nitrogen and oxygen atoms in total. The Morgan fingerprint density at radius 1 is 1.16 bits per heavy atom. The zero-order valence-electron chi connectivity index (χ0n) is 10.3. The third-order valence-corrected chi connectivity index (χ3v) is 3.06. The van der Waals surface area contributed by atoms with Crippen molar-refractivity contribution in [2.45, 2.75) is 0 Å². The van der Waals surface area contributed by atoms with E-state index < -0.39 is 0 Å². The van der Waals surface area contributed by atoms with E-state index in [1.165, 1.54) is 6.26 Å². The molecular weight excluding hydrogens is 246 g/mol. The molecular formula is C12H13N5O2. The lowest BCUT2D eigenvalue weighted by atomic mass is 10.3. The number of hydrogen-bond acceptors (Lipinski definition) is 6. The molecule has 1 saturated heterocycles. The molecule has 0 aromatic carbocycles. The third kappa shape index (κ3) is 2.40. The van der Waals surface area contributed by atoms with Crippen molar-refractivity contribution >= 4 is 11.9 Å². The number of carbonyl (C=O) groups is 1. The van der Waals surface area contributed by atoms with E-state index in [9.17, 15) is 4.79 Å². The van der Waals surface area contributed by atoms with Gasteiger partial charge in [0.2, 0.25) is 5.95 Å². The zero-order chi connectivity index (χ0) is 13.1. The lowest BCUT2D eigenvalue weighted by Gasteiger charge is -2.34. The fraction of sp³-hybridized carbons (Fsp3) is 0.333. The Hall–Kier alpha value is -2.44. The molecule has 1 amide bonds. The fourth-order valence-corrected chi connectivity index (χ4v) is 2.05. The number of hydrogen-bond donors (Lipinski definition) is 0. The highest BCUT2D eigenvalue weighted by atomic mass is 16.5. The minimum atomic E-state index is -0.0950. The number of rotatable bonds is 2. The average Bonchev–Trinajstić information content (AvgIpc) is 3.02. The van der Waals surface area contributed by atoms with Crippen molar-refractivity contribution in [2.24, 2.45) is 0 Å². The highest BCUT2D eigenvalue weighted by molar-refractivity contribution is 5.92. The van der Waals surface area contributed by atoms with Crippen LogP contribution in [0.4, 0.5) is 5.95 Å². The highest BCUT2D eigenvalue weighted by Crippen LogP contribution is 2.11. The van der Waals surface area contributed by atoms with Gasteiger partial charge in [0.25, 0.3) is 5.91 Å². The van der Waals surface area contributed by atoms with Crippen LogP contribution >= 0.6 is 0 Å². The van der Waals surface area contributed by atoms with Crippen LogP contribution in [0, 0.1) is 0 Å². The smallest absolute Gasteiger partial charge is 0.276 e. The standard InChI is InChI=1S/C12H13N5O2/c18-11(10-2-9-19-15-10)16-5-7-17(8-6-16)12-13-3-1-4-14-12/h1-4,9H,5-8H2. The summed E-state index contributed by atoms with van der Waals surface area (Å²) in [6.07, 6.45) is 4.84. The summed E-state index contributed by atoms with van der Waals surface area (Å²) < 4.78 is 4.69. The fourth-order valence-electron chi connectivity index (χ4n) is 2.05. The van der Waals surface area contributed by atoms with Crippen molar-refractivity contribution < 1.29 is 9.32 Å². The lowest BCUT2D eigenvalue weighted by Crippen LogP contribution is -2.49. The summed E-state index contributed by atoms with van der Waals surface area (Å²) in [5.41, 5.74) is 0.351. The number of aromatic nitrogens is 3. The molecule has 1 fully saturated rings. The molecule has 1 aliphatic heterocycles. The summed E-state index contributed by atoms with van der Waals surface area (Å²) in [6.45, 7) is 2.69. The first-order valence-electron chi connectivity index (χ1n) is 6.06. The van der Waals surface area contributed by atoms with Crippen LogP contribution in [-0.2, 0) is 0 Å². The van der Waals surface area contributed by atoms with Gasteiger partial charge in [-0.15, -0.1) is 0 Å². The molecule has 0 saturated carbocycles. The van der Waals surface area contributed by atoms with Crippen molar-refractivity contribution in [2.75, 3.05) is 31.1 Å². The predicted molar refractivity (Wildman–Crippen MR) is 66.7 cm³/mol. The zero-order valence-corrected chi connectivity index (χ0v) is 10.3. The maximum absolute atomic E-state index is 12.1. The van der Waals surface area contributed by atoms with E-state index in [-0.39, 0.29) is 5.91 Å². The SMILES string of the molecule is O=C(c1ccon1)N1CCN(c2ncccn2)CC1. The minimum absolute atomic E-state index is 0.0950. The number of piperazine rings is 1. The van der Waals surface area contributed by atoms with Crippen LogP contribution in [-0.4, -0.2) is 52.1 Å². The number of carbonyl (C=O) groups excluding carboxylic acids is 1. The van der Waals surface area contributed by atoms with Crippen LogP contribution in [0.25, 0.3) is 0 Å². The molecule has 0 radical (unpaired) electrons. The van der Waals surface area contributed by atoms with Gasteiger partial charge in [-0.1, -0.05) is 5.16 Å². The largest absolute Gasteiger partial charge is 0.364 e. The van der Waals surface area contributed by atoms with E-state index in [0.717, 1.165) is 0 Å². The highest BCUT2D eigenvalue weighted by Gasteiger charge is 2.24. The second-order valence-corrected chi connectivity index (χ2v) is 4.21. The second-order valence-electron chi connectivity index (χ2n) is 4.21. The van der Waals surface area contributed by atoms with Gasteiger partial charge in [-0.2, -0.15) is 0 Å². The van der Waals surface area contributed by atoms with E-state index in [1.54, 1.807) is 29.4 Å². The Labute approximate surface area is 109 Å². The number of amides is 1. The third-order valence-electron chi connectivity index (χ3n) is 3.06. The molecule has 0 unspecified atom stereocenters. The van der Waals surface area contributed by atoms with Gasteiger partial charge in [-0.3, -0.25) is 4.79 Å². The molecule has 0 N–H and O–H groups in total. The molecule has 7 heteroatoms. The van der Waals surface area contributed by atoms with E-state index in [4.69, 9.17) is 0 Å². The number of anilines is 1. The Morgan fingerprint density at radius 2 is 1.89 bits per heavy atom. The van der Waals surface area contributed by atoms with E-state index >= 15 is 0 Å². The first-order chi connectivity index (χ1) is 9.34. The average molecular weight is 259 g/mol. The van der Waals surface area contributed by atoms with Gasteiger partial charge in [0.1, 0.15) is 6.26 Å². The summed E-state index contributed by atoms with van der Waals surface area (Å²) in [4.78, 5) is 24.3. The molecule has 98 valence electrons. The Kier molecular flexibility index (Phi) is 3.09. The van der Waals surface area contributed by atoms with Gasteiger partial charge in [0, 0.05) is 44.6 Å². The van der Waals surface area contributed by atoms with E-state index in [1.807, 2.05) is 0 Å². The van der Waals surface area contributed by atoms with Crippen molar-refractivity contribution in [3.8, 4) is 0 Å². The summed E-state index contributed by atoms with van der Waals surface area (Å²) in [7, 11) is 0. The molecule has 0 atom stereocenters. The Balaban J connectivity index is 1.62. The van der Waals surface area contributed by atoms with E-state index in [0.29, 0.717) is 37.8 Å². The lowest BCUT2D eigenvalue weighted by molar-refractivity contribution is 0.0736. The normalized spacial score (nSPS) is 15.6. The van der Waals surface area contributed by atoms with Gasteiger partial charge in [-0.25, -0.2) is 9.97 Å². The summed E-state index contributed by atoms with van der Waals surface area (Å²) in [6, 6.07) is 3.36. The summed E-state index contributed by atoms with van der Waals surface area (Å²) in [5.74, 6) is 0.610. The quantitative estimate of drug-likeness (QED) is 0.778. The molecule has 2 aromatic heterocycles. The molecule has 0 bridgehead atoms. The molecule has 3 rings (SSSR count). The molecule has 0 spiro atoms. The first kappa shape index (κ1) is 11.6. The van der Waals surface area contributed by atoms with Gasteiger partial charge in [-0.05, 0) is 6.07 Å². The minimum Gasteiger partial charge on any atom is -0.364 e. The van der Waals surface area contributed by atoms with Gasteiger partial charge >= 0.3 is 0 Å². The van der Waals surface area contributed by atoms with Gasteiger partial charge in [0.05, 0.1) is 0 Å². The van der Waals surface area contributed by atoms with Gasteiger partial charge < -0.3 is 14.3 Å². The van der Waals surface area contributed by atoms with Crippen LogP contribution in [0.15, 0.2) is 35.3 Å². The molecule has 19 heavy (non-hydrogen) atoms. The van der Waals surface area contributed by atoms with Crippen molar-refractivity contribution in [1.82, 2.24) is 20.0 Å². The predicted octanol–water partition coefficient (Wildman–Crippen LogP) is 0.427.